The van der Waals surface area contributed by atoms with Gasteiger partial charge in [-0.15, -0.1) is 5.10 Å². The van der Waals surface area contributed by atoms with E-state index in [9.17, 15) is 4.79 Å². The van der Waals surface area contributed by atoms with Gasteiger partial charge in [-0.2, -0.15) is 0 Å². The summed E-state index contributed by atoms with van der Waals surface area (Å²) < 4.78 is 7.12. The molecule has 2 aromatic heterocycles. The Balaban J connectivity index is 1.48. The lowest BCUT2D eigenvalue weighted by atomic mass is 9.92. The van der Waals surface area contributed by atoms with Gasteiger partial charge in [-0.1, -0.05) is 15.9 Å². The first-order valence-corrected chi connectivity index (χ1v) is 9.10. The molecule has 0 radical (unpaired) electrons. The van der Waals surface area contributed by atoms with Crippen molar-refractivity contribution in [3.05, 3.63) is 41.1 Å². The summed E-state index contributed by atoms with van der Waals surface area (Å²) in [5.41, 5.74) is 3.28. The number of carbonyl (C=O) groups is 1. The number of allylic oxidation sites excluding steroid dienone is 1. The van der Waals surface area contributed by atoms with E-state index in [1.807, 2.05) is 24.7 Å². The lowest BCUT2D eigenvalue weighted by molar-refractivity contribution is -0.117. The van der Waals surface area contributed by atoms with Gasteiger partial charge in [-0.3, -0.25) is 9.69 Å². The van der Waals surface area contributed by atoms with Crippen LogP contribution in [0.2, 0.25) is 0 Å². The average molecular weight is 356 g/mol. The van der Waals surface area contributed by atoms with E-state index >= 15 is 0 Å². The summed E-state index contributed by atoms with van der Waals surface area (Å²) in [6.45, 7) is 6.18. The molecule has 3 heterocycles. The minimum absolute atomic E-state index is 0.00555. The van der Waals surface area contributed by atoms with E-state index in [4.69, 9.17) is 4.52 Å². The first-order chi connectivity index (χ1) is 12.6. The Kier molecular flexibility index (Phi) is 4.58. The summed E-state index contributed by atoms with van der Waals surface area (Å²) in [5, 5.41) is 15.3. The van der Waals surface area contributed by atoms with Crippen molar-refractivity contribution in [2.45, 2.75) is 51.7 Å². The number of aromatic nitrogens is 4. The quantitative estimate of drug-likeness (QED) is 0.818. The summed E-state index contributed by atoms with van der Waals surface area (Å²) in [6.07, 6.45) is 8.57. The molecule has 1 aliphatic carbocycles. The fraction of sp³-hybridized carbons (Fsp3) is 0.556. The van der Waals surface area contributed by atoms with Crippen molar-refractivity contribution in [3.63, 3.8) is 0 Å². The first-order valence-electron chi connectivity index (χ1n) is 9.10. The van der Waals surface area contributed by atoms with Crippen LogP contribution in [0.5, 0.6) is 0 Å². The highest BCUT2D eigenvalue weighted by Gasteiger charge is 2.36. The number of likely N-dealkylation sites (tertiary alicyclic amines) is 1. The van der Waals surface area contributed by atoms with Crippen molar-refractivity contribution < 1.29 is 9.32 Å². The van der Waals surface area contributed by atoms with E-state index in [0.29, 0.717) is 0 Å². The number of nitrogens with zero attached hydrogens (tertiary/aromatic N) is 5. The molecule has 2 aromatic rings. The van der Waals surface area contributed by atoms with Crippen LogP contribution in [0.15, 0.2) is 28.6 Å². The van der Waals surface area contributed by atoms with Gasteiger partial charge >= 0.3 is 0 Å². The van der Waals surface area contributed by atoms with Crippen molar-refractivity contribution in [1.29, 1.82) is 0 Å². The number of hydrogen-bond acceptors (Lipinski definition) is 6. The van der Waals surface area contributed by atoms with Crippen LogP contribution < -0.4 is 5.32 Å². The number of rotatable bonds is 5. The second-order valence-corrected chi connectivity index (χ2v) is 7.22. The van der Waals surface area contributed by atoms with E-state index in [1.54, 1.807) is 12.3 Å². The van der Waals surface area contributed by atoms with Crippen molar-refractivity contribution in [2.75, 3.05) is 13.1 Å². The van der Waals surface area contributed by atoms with E-state index in [1.165, 1.54) is 12.0 Å². The molecular formula is C18H24N6O2. The molecule has 1 saturated heterocycles. The minimum Gasteiger partial charge on any atom is -0.361 e. The van der Waals surface area contributed by atoms with Crippen LogP contribution in [0.1, 0.15) is 42.3 Å². The van der Waals surface area contributed by atoms with Gasteiger partial charge in [0.25, 0.3) is 0 Å². The number of aryl methyl sites for hydroxylation is 2. The zero-order valence-electron chi connectivity index (χ0n) is 15.2. The van der Waals surface area contributed by atoms with Crippen LogP contribution in [0.3, 0.4) is 0 Å². The van der Waals surface area contributed by atoms with Gasteiger partial charge in [0.2, 0.25) is 5.91 Å². The Morgan fingerprint density at radius 3 is 2.85 bits per heavy atom. The first kappa shape index (κ1) is 17.0. The van der Waals surface area contributed by atoms with Gasteiger partial charge in [-0.05, 0) is 33.1 Å². The lowest BCUT2D eigenvalue weighted by Gasteiger charge is -2.20. The van der Waals surface area contributed by atoms with Gasteiger partial charge in [0.15, 0.2) is 0 Å². The summed E-state index contributed by atoms with van der Waals surface area (Å²) in [6, 6.07) is 0.0447. The van der Waals surface area contributed by atoms with Crippen molar-refractivity contribution in [2.24, 2.45) is 0 Å². The predicted octanol–water partition coefficient (Wildman–Crippen LogP) is 1.53. The standard InChI is InChI=1S/C18H24N6O2/c1-12-15(13(2)26-21-12)9-23-10-16(17(11-23)24-7-6-19-22-24)20-18(25)8-14-4-3-5-14/h6-8,16-17H,3-5,9-11H2,1-2H3,(H,20,25)/t16-,17+/m1/s1. The highest BCUT2D eigenvalue weighted by atomic mass is 16.5. The third-order valence-electron chi connectivity index (χ3n) is 5.37. The van der Waals surface area contributed by atoms with E-state index in [2.05, 4.69) is 25.7 Å². The van der Waals surface area contributed by atoms with Crippen LogP contribution >= 0.6 is 0 Å². The molecular weight excluding hydrogens is 332 g/mol. The van der Waals surface area contributed by atoms with Crippen molar-refractivity contribution >= 4 is 5.91 Å². The number of nitrogens with one attached hydrogen (secondary N) is 1. The number of hydrogen-bond donors (Lipinski definition) is 1. The van der Waals surface area contributed by atoms with E-state index in [0.717, 1.165) is 49.5 Å². The maximum Gasteiger partial charge on any atom is 0.244 e. The molecule has 8 nitrogen and oxygen atoms in total. The minimum atomic E-state index is -0.0124. The Hall–Kier alpha value is -2.48. The maximum atomic E-state index is 12.4. The smallest absolute Gasteiger partial charge is 0.244 e. The summed E-state index contributed by atoms with van der Waals surface area (Å²) in [5.74, 6) is 0.844. The Labute approximate surface area is 152 Å². The molecule has 0 bridgehead atoms. The predicted molar refractivity (Wildman–Crippen MR) is 94.2 cm³/mol. The lowest BCUT2D eigenvalue weighted by Crippen LogP contribution is -2.41. The van der Waals surface area contributed by atoms with Crippen LogP contribution in [0.25, 0.3) is 0 Å². The van der Waals surface area contributed by atoms with Gasteiger partial charge in [0.1, 0.15) is 5.76 Å². The SMILES string of the molecule is Cc1noc(C)c1CN1C[C@@H](NC(=O)C=C2CCC2)[C@@H](n2ccnn2)C1. The molecule has 138 valence electrons. The molecule has 0 unspecified atom stereocenters. The number of amides is 1. The van der Waals surface area contributed by atoms with Crippen molar-refractivity contribution in [1.82, 2.24) is 30.4 Å². The molecule has 26 heavy (non-hydrogen) atoms. The molecule has 1 aliphatic heterocycles. The largest absolute Gasteiger partial charge is 0.361 e. The van der Waals surface area contributed by atoms with E-state index in [-0.39, 0.29) is 18.0 Å². The van der Waals surface area contributed by atoms with Crippen molar-refractivity contribution in [3.8, 4) is 0 Å². The molecule has 0 aromatic carbocycles. The normalized spacial score (nSPS) is 23.1. The molecule has 1 saturated carbocycles. The van der Waals surface area contributed by atoms with Crippen LogP contribution in [-0.4, -0.2) is 50.1 Å². The van der Waals surface area contributed by atoms with Gasteiger partial charge in [0, 0.05) is 37.5 Å². The molecule has 2 aliphatic rings. The van der Waals surface area contributed by atoms with Gasteiger partial charge in [-0.25, -0.2) is 4.68 Å². The molecule has 2 fully saturated rings. The van der Waals surface area contributed by atoms with Crippen LogP contribution in [-0.2, 0) is 11.3 Å². The molecule has 1 amide bonds. The topological polar surface area (TPSA) is 89.1 Å². The fourth-order valence-corrected chi connectivity index (χ4v) is 3.69. The summed E-state index contributed by atoms with van der Waals surface area (Å²) >= 11 is 0. The van der Waals surface area contributed by atoms with Crippen LogP contribution in [0, 0.1) is 13.8 Å². The zero-order chi connectivity index (χ0) is 18.1. The highest BCUT2D eigenvalue weighted by Crippen LogP contribution is 2.27. The Morgan fingerprint density at radius 1 is 1.38 bits per heavy atom. The Bertz CT molecular complexity index is 784. The zero-order valence-corrected chi connectivity index (χ0v) is 15.2. The highest BCUT2D eigenvalue weighted by molar-refractivity contribution is 5.88. The Morgan fingerprint density at radius 2 is 2.23 bits per heavy atom. The molecule has 0 spiro atoms. The number of carbonyl (C=O) groups excluding carboxylic acids is 1. The molecule has 1 N–H and O–H groups in total. The second kappa shape index (κ2) is 7.03. The average Bonchev–Trinajstić information content (AvgIpc) is 3.28. The molecule has 4 rings (SSSR count). The fourth-order valence-electron chi connectivity index (χ4n) is 3.69. The second-order valence-electron chi connectivity index (χ2n) is 7.22. The van der Waals surface area contributed by atoms with Gasteiger partial charge in [0.05, 0.1) is 24.0 Å². The summed E-state index contributed by atoms with van der Waals surface area (Å²) in [4.78, 5) is 14.7. The van der Waals surface area contributed by atoms with Gasteiger partial charge < -0.3 is 9.84 Å². The monoisotopic (exact) mass is 356 g/mol. The maximum absolute atomic E-state index is 12.4. The summed E-state index contributed by atoms with van der Waals surface area (Å²) in [7, 11) is 0. The third-order valence-corrected chi connectivity index (χ3v) is 5.37. The molecule has 8 heteroatoms. The van der Waals surface area contributed by atoms with Crippen LogP contribution in [0.4, 0.5) is 0 Å². The third kappa shape index (κ3) is 3.41. The van der Waals surface area contributed by atoms with E-state index < -0.39 is 0 Å². The molecule has 2 atom stereocenters.